The van der Waals surface area contributed by atoms with Crippen molar-refractivity contribution in [1.82, 2.24) is 0 Å². The zero-order valence-electron chi connectivity index (χ0n) is 81.0. The summed E-state index contributed by atoms with van der Waals surface area (Å²) in [6, 6.07) is 69.5. The fourth-order valence-electron chi connectivity index (χ4n) is 14.2. The number of nitrogens with zero attached hydrogens (tertiary/aromatic N) is 6. The van der Waals surface area contributed by atoms with Crippen molar-refractivity contribution in [2.24, 2.45) is 30.0 Å². The quantitative estimate of drug-likeness (QED) is 0.0365. The summed E-state index contributed by atoms with van der Waals surface area (Å²) in [5, 5.41) is 75.6. The molecule has 0 spiro atoms. The van der Waals surface area contributed by atoms with Crippen molar-refractivity contribution in [3.63, 3.8) is 0 Å². The lowest BCUT2D eigenvalue weighted by molar-refractivity contribution is 0.450. The van der Waals surface area contributed by atoms with Crippen molar-refractivity contribution >= 4 is 149 Å². The van der Waals surface area contributed by atoms with Crippen molar-refractivity contribution in [1.29, 1.82) is 0 Å². The molecule has 0 saturated heterocycles. The van der Waals surface area contributed by atoms with Gasteiger partial charge in [-0.2, -0.15) is 0 Å². The second kappa shape index (κ2) is 48.6. The van der Waals surface area contributed by atoms with Gasteiger partial charge in [0.2, 0.25) is 0 Å². The van der Waals surface area contributed by atoms with E-state index in [2.05, 4.69) is 272 Å². The van der Waals surface area contributed by atoms with E-state index in [1.165, 1.54) is 121 Å². The van der Waals surface area contributed by atoms with Gasteiger partial charge in [0, 0.05) is 147 Å². The first-order valence-corrected chi connectivity index (χ1v) is 49.1. The maximum absolute atomic E-state index is 10.9. The Morgan fingerprint density at radius 1 is 0.227 bits per heavy atom. The molecule has 0 heterocycles. The Balaban J connectivity index is 0.000000211. The van der Waals surface area contributed by atoms with Crippen LogP contribution in [0.5, 0.6) is 34.5 Å². The number of para-hydroxylation sites is 2. The first-order valence-electron chi connectivity index (χ1n) is 43.1. The van der Waals surface area contributed by atoms with Crippen LogP contribution in [0.1, 0.15) is 194 Å². The fourth-order valence-corrected chi connectivity index (χ4v) is 23.0. The van der Waals surface area contributed by atoms with E-state index >= 15 is 0 Å². The SMILES string of the molecule is CN=C(C)c1cccc(C)c1Pc1cc(C(C)(C)C)cc(C)c1O.CN=C(C)c1cccc(C)c1Pc1cc(C)cc(C(C)(C)C)c1O.CN=C(C)c1cccc(C)c1Pc1cc(C)cc(C)c1O.CN=C(C)c1cccc(C)c1Pc1cc(C)ccc1O.CN=C(C)c1cccc(C)c1Pc1cccc(C)c1O.CN=C(C)c1cccc(C)c1Pc1ccccc1O. The molecule has 12 nitrogen and oxygen atoms in total. The molecule has 0 aliphatic rings. The molecule has 0 aliphatic heterocycles. The van der Waals surface area contributed by atoms with Gasteiger partial charge in [-0.05, 0) is 270 Å². The Morgan fingerprint density at radius 2 is 0.492 bits per heavy atom. The summed E-state index contributed by atoms with van der Waals surface area (Å²) in [6.45, 7) is 50.0. The highest BCUT2D eigenvalue weighted by Crippen LogP contribution is 2.37. The van der Waals surface area contributed by atoms with Crippen LogP contribution in [-0.4, -0.2) is 107 Å². The number of benzene rings is 12. The summed E-state index contributed by atoms with van der Waals surface area (Å²) >= 11 is 0. The summed E-state index contributed by atoms with van der Waals surface area (Å²) in [5.74, 6) is 2.41. The fraction of sp³-hybridized carbons (Fsp3) is 0.291. The molecule has 6 atom stereocenters. The third-order valence-electron chi connectivity index (χ3n) is 22.5. The van der Waals surface area contributed by atoms with Crippen molar-refractivity contribution in [2.45, 2.75) is 177 Å². The first kappa shape index (κ1) is 105. The minimum absolute atomic E-state index is 0.0625. The van der Waals surface area contributed by atoms with Gasteiger partial charge in [0.05, 0.1) is 0 Å². The largest absolute Gasteiger partial charge is 0.507 e. The number of phenols is 6. The van der Waals surface area contributed by atoms with Gasteiger partial charge >= 0.3 is 0 Å². The summed E-state index contributed by atoms with van der Waals surface area (Å²) in [7, 11) is 13.5. The Labute approximate surface area is 776 Å². The standard InChI is InChI=1S/2C21H28NOP.C18H22NOP.2C17H20NOP.C16H18NOP/c1-13-11-17(21(4,5)6)19(23)18(12-13)24-20-14(2)9-8-10-16(20)15(3)22-7;1-13-9-8-10-17(15(3)22-7)20(13)24-18-12-16(21(4,5)6)11-14(2)19(18)23;1-11-9-13(3)17(20)16(10-11)21-18-12(2)7-6-8-15(18)14(4)19-5;1-11-7-6-10-15(16(11)19)20-17-12(2)8-5-9-14(17)13(3)18-4;1-11-8-9-15(19)16(10-11)20-17-12(2)6-5-7-14(17)13(3)18-4;1-11-7-6-8-13(12(2)17-3)16(11)19-15-10-5-4-9-14(15)18/h2*8-12,23-24H,1-7H3;6-10,20-21H,1-5H3;2*5-10,19-20H,1-4H3;4-10,18-19H,1-3H3. The third-order valence-corrected chi connectivity index (χ3v) is 32.0. The molecule has 0 amide bonds. The zero-order valence-corrected chi connectivity index (χ0v) is 87.0. The summed E-state index contributed by atoms with van der Waals surface area (Å²) < 4.78 is 0. The van der Waals surface area contributed by atoms with E-state index < -0.39 is 0 Å². The van der Waals surface area contributed by atoms with Crippen LogP contribution in [0.3, 0.4) is 0 Å². The number of rotatable bonds is 18. The van der Waals surface area contributed by atoms with E-state index in [0.717, 1.165) is 88.4 Å². The van der Waals surface area contributed by atoms with Gasteiger partial charge in [0.1, 0.15) is 34.5 Å². The van der Waals surface area contributed by atoms with E-state index in [0.29, 0.717) is 86.0 Å². The Bertz CT molecular complexity index is 5990. The molecule has 0 radical (unpaired) electrons. The number of aromatic hydroxyl groups is 6. The lowest BCUT2D eigenvalue weighted by Gasteiger charge is -2.23. The predicted octanol–water partition coefficient (Wildman–Crippen LogP) is 21.1. The second-order valence-corrected chi connectivity index (χ2v) is 42.2. The van der Waals surface area contributed by atoms with Crippen LogP contribution >= 0.6 is 51.5 Å². The lowest BCUT2D eigenvalue weighted by Crippen LogP contribution is -2.19. The molecule has 128 heavy (non-hydrogen) atoms. The van der Waals surface area contributed by atoms with Gasteiger partial charge < -0.3 is 30.6 Å². The molecule has 0 aromatic heterocycles. The van der Waals surface area contributed by atoms with E-state index in [-0.39, 0.29) is 10.8 Å². The lowest BCUT2D eigenvalue weighted by atomic mass is 9.85. The average Bonchev–Trinajstić information content (AvgIpc) is 0.808. The van der Waals surface area contributed by atoms with Crippen molar-refractivity contribution < 1.29 is 30.6 Å². The molecule has 0 aliphatic carbocycles. The van der Waals surface area contributed by atoms with Crippen molar-refractivity contribution in [3.8, 4) is 34.5 Å². The smallest absolute Gasteiger partial charge is 0.127 e. The Hall–Kier alpha value is -9.96. The van der Waals surface area contributed by atoms with Crippen LogP contribution in [0.15, 0.2) is 236 Å². The number of hydrogen-bond donors (Lipinski definition) is 6. The molecule has 6 unspecified atom stereocenters. The molecule has 12 rings (SSSR count). The highest BCUT2D eigenvalue weighted by molar-refractivity contribution is 7.58. The molecular formula is C110H136N6O6P6. The number of hydrogen-bond acceptors (Lipinski definition) is 12. The zero-order chi connectivity index (χ0) is 94.9. The van der Waals surface area contributed by atoms with Crippen LogP contribution in [0.4, 0.5) is 0 Å². The van der Waals surface area contributed by atoms with Crippen LogP contribution in [0.25, 0.3) is 0 Å². The maximum atomic E-state index is 10.9. The molecule has 12 aromatic carbocycles. The molecule has 672 valence electrons. The van der Waals surface area contributed by atoms with Gasteiger partial charge in [0.15, 0.2) is 0 Å². The minimum Gasteiger partial charge on any atom is -0.507 e. The van der Waals surface area contributed by atoms with Crippen LogP contribution in [0.2, 0.25) is 0 Å². The summed E-state index contributed by atoms with van der Waals surface area (Å²) in [5.41, 5.74) is 29.3. The molecule has 6 N–H and O–H groups in total. The normalized spacial score (nSPS) is 12.6. The topological polar surface area (TPSA) is 196 Å². The van der Waals surface area contributed by atoms with Crippen LogP contribution < -0.4 is 63.7 Å². The Morgan fingerprint density at radius 3 is 0.836 bits per heavy atom. The number of phenolic OH excluding ortho intramolecular Hbond substituents is 6. The number of aryl methyl sites for hydroxylation is 12. The van der Waals surface area contributed by atoms with Gasteiger partial charge in [0.25, 0.3) is 0 Å². The van der Waals surface area contributed by atoms with E-state index in [9.17, 15) is 30.6 Å². The molecular weight excluding hydrogens is 1690 g/mol. The Kier molecular flexibility index (Phi) is 39.9. The maximum Gasteiger partial charge on any atom is 0.127 e. The average molecular weight is 1820 g/mol. The van der Waals surface area contributed by atoms with Gasteiger partial charge in [-0.25, -0.2) is 0 Å². The third kappa shape index (κ3) is 28.5. The van der Waals surface area contributed by atoms with E-state index in [1.54, 1.807) is 12.1 Å². The number of aliphatic imine (C=N–C) groups is 6. The van der Waals surface area contributed by atoms with Crippen molar-refractivity contribution in [3.05, 3.63) is 318 Å². The molecule has 0 fully saturated rings. The van der Waals surface area contributed by atoms with Gasteiger partial charge in [-0.1, -0.05) is 268 Å². The second-order valence-electron chi connectivity index (χ2n) is 34.5. The molecule has 0 bridgehead atoms. The van der Waals surface area contributed by atoms with Crippen LogP contribution in [0, 0.1) is 83.1 Å². The minimum atomic E-state index is -0.0787. The highest BCUT2D eigenvalue weighted by Gasteiger charge is 2.25. The molecule has 0 saturated carbocycles. The summed E-state index contributed by atoms with van der Waals surface area (Å²) in [6.07, 6.45) is 0. The molecule has 12 aromatic rings. The first-order chi connectivity index (χ1) is 60.4. The van der Waals surface area contributed by atoms with E-state index in [4.69, 9.17) is 0 Å². The van der Waals surface area contributed by atoms with Gasteiger partial charge in [-0.3, -0.25) is 30.0 Å². The van der Waals surface area contributed by atoms with Gasteiger partial charge in [-0.15, -0.1) is 0 Å². The molecule has 18 heteroatoms. The van der Waals surface area contributed by atoms with E-state index in [1.807, 2.05) is 160 Å². The van der Waals surface area contributed by atoms with Crippen LogP contribution in [-0.2, 0) is 10.8 Å². The highest BCUT2D eigenvalue weighted by atomic mass is 31.1. The van der Waals surface area contributed by atoms with Crippen molar-refractivity contribution in [2.75, 3.05) is 42.3 Å². The summed E-state index contributed by atoms with van der Waals surface area (Å²) in [4.78, 5) is 25.9. The predicted molar refractivity (Wildman–Crippen MR) is 576 cm³/mol. The monoisotopic (exact) mass is 1820 g/mol.